The third-order valence-electron chi connectivity index (χ3n) is 3.68. The van der Waals surface area contributed by atoms with Gasteiger partial charge in [-0.2, -0.15) is 4.68 Å². The van der Waals surface area contributed by atoms with Gasteiger partial charge in [-0.3, -0.25) is 4.79 Å². The average molecular weight is 340 g/mol. The number of nitrogen functional groups attached to an aromatic ring is 1. The topological polar surface area (TPSA) is 114 Å². The van der Waals surface area contributed by atoms with Crippen molar-refractivity contribution in [1.82, 2.24) is 15.0 Å². The second-order valence-electron chi connectivity index (χ2n) is 6.47. The highest BCUT2D eigenvalue weighted by Crippen LogP contribution is 2.38. The number of carboxylic acids is 1. The summed E-state index contributed by atoms with van der Waals surface area (Å²) in [5.41, 5.74) is 4.19. The predicted molar refractivity (Wildman–Crippen MR) is 81.2 cm³/mol. The van der Waals surface area contributed by atoms with Gasteiger partial charge in [0, 0.05) is 0 Å². The van der Waals surface area contributed by atoms with Crippen LogP contribution in [0.3, 0.4) is 0 Å². The molecule has 2 rings (SSSR count). The number of hydrogen-bond donors (Lipinski definition) is 3. The van der Waals surface area contributed by atoms with E-state index in [1.54, 1.807) is 20.8 Å². The molecule has 0 aliphatic rings. The van der Waals surface area contributed by atoms with Gasteiger partial charge in [0.05, 0.1) is 5.92 Å². The van der Waals surface area contributed by atoms with Gasteiger partial charge in [0.15, 0.2) is 17.5 Å². The second-order valence-corrected chi connectivity index (χ2v) is 6.47. The Kier molecular flexibility index (Phi) is 4.57. The number of nitrogens with two attached hydrogens (primary N) is 1. The Morgan fingerprint density at radius 2 is 1.83 bits per heavy atom. The molecule has 24 heavy (non-hydrogen) atoms. The van der Waals surface area contributed by atoms with Crippen molar-refractivity contribution in [1.29, 1.82) is 0 Å². The Bertz CT molecular complexity index is 750. The van der Waals surface area contributed by atoms with Crippen molar-refractivity contribution in [2.45, 2.75) is 26.9 Å². The van der Waals surface area contributed by atoms with Crippen molar-refractivity contribution in [2.75, 3.05) is 5.73 Å². The van der Waals surface area contributed by atoms with E-state index in [0.29, 0.717) is 4.68 Å². The summed E-state index contributed by atoms with van der Waals surface area (Å²) >= 11 is 0. The fourth-order valence-electron chi connectivity index (χ4n) is 2.50. The average Bonchev–Trinajstić information content (AvgIpc) is 2.78. The number of nitrogens with zero attached hydrogens (tertiary/aromatic N) is 3. The molecule has 2 atom stereocenters. The Balaban J connectivity index is 2.52. The van der Waals surface area contributed by atoms with Crippen molar-refractivity contribution in [2.24, 2.45) is 11.3 Å². The minimum absolute atomic E-state index is 0.250. The third-order valence-corrected chi connectivity index (χ3v) is 3.68. The molecule has 1 heterocycles. The molecule has 2 aromatic rings. The second kappa shape index (κ2) is 6.16. The summed E-state index contributed by atoms with van der Waals surface area (Å²) < 4.78 is 28.4. The molecule has 130 valence electrons. The van der Waals surface area contributed by atoms with Crippen molar-refractivity contribution in [3.05, 3.63) is 35.5 Å². The zero-order valence-electron chi connectivity index (χ0n) is 13.4. The van der Waals surface area contributed by atoms with Crippen molar-refractivity contribution in [3.8, 4) is 5.69 Å². The van der Waals surface area contributed by atoms with Gasteiger partial charge in [0.2, 0.25) is 0 Å². The maximum absolute atomic E-state index is 13.9. The van der Waals surface area contributed by atoms with E-state index in [4.69, 9.17) is 5.73 Å². The van der Waals surface area contributed by atoms with Crippen LogP contribution in [0, 0.1) is 23.0 Å². The van der Waals surface area contributed by atoms with Crippen LogP contribution in [-0.2, 0) is 4.79 Å². The van der Waals surface area contributed by atoms with Crippen molar-refractivity contribution >= 4 is 11.8 Å². The fourth-order valence-corrected chi connectivity index (χ4v) is 2.50. The van der Waals surface area contributed by atoms with Gasteiger partial charge in [-0.25, -0.2) is 8.78 Å². The van der Waals surface area contributed by atoms with E-state index < -0.39 is 40.7 Å². The molecule has 0 saturated carbocycles. The molecule has 0 bridgehead atoms. The molecular formula is C15H18F2N4O3. The molecule has 9 heteroatoms. The van der Waals surface area contributed by atoms with E-state index in [0.717, 1.165) is 12.1 Å². The van der Waals surface area contributed by atoms with Gasteiger partial charge in [-0.1, -0.05) is 32.1 Å². The van der Waals surface area contributed by atoms with Crippen LogP contribution in [0.25, 0.3) is 5.69 Å². The first-order chi connectivity index (χ1) is 11.1. The number of aliphatic carboxylic acids is 1. The number of hydrogen-bond acceptors (Lipinski definition) is 5. The summed E-state index contributed by atoms with van der Waals surface area (Å²) in [6.45, 7) is 4.89. The van der Waals surface area contributed by atoms with Crippen molar-refractivity contribution in [3.63, 3.8) is 0 Å². The standard InChI is InChI=1S/C15H18F2N4O3/c1-15(2,3)9(14(23)24)12(22)10-13(18)21(20-19-10)11-7(16)5-4-6-8(11)17/h4-6,9,12,22H,18H2,1-3H3,(H,23,24). The highest BCUT2D eigenvalue weighted by molar-refractivity contribution is 5.72. The van der Waals surface area contributed by atoms with Crippen LogP contribution < -0.4 is 5.73 Å². The number of carboxylic acid groups (broad SMARTS) is 1. The molecule has 7 nitrogen and oxygen atoms in total. The van der Waals surface area contributed by atoms with Crippen LogP contribution in [0.1, 0.15) is 32.6 Å². The lowest BCUT2D eigenvalue weighted by atomic mass is 9.76. The molecule has 1 aromatic heterocycles. The largest absolute Gasteiger partial charge is 0.481 e. The van der Waals surface area contributed by atoms with E-state index in [1.165, 1.54) is 6.07 Å². The van der Waals surface area contributed by atoms with Gasteiger partial charge in [-0.05, 0) is 17.5 Å². The van der Waals surface area contributed by atoms with Crippen LogP contribution in [0.2, 0.25) is 0 Å². The molecule has 0 spiro atoms. The summed E-state index contributed by atoms with van der Waals surface area (Å²) in [5.74, 6) is -4.66. The molecule has 0 radical (unpaired) electrons. The molecule has 1 aromatic carbocycles. The first-order valence-corrected chi connectivity index (χ1v) is 7.12. The smallest absolute Gasteiger partial charge is 0.310 e. The molecule has 0 saturated heterocycles. The lowest BCUT2D eigenvalue weighted by Gasteiger charge is -2.30. The van der Waals surface area contributed by atoms with Gasteiger partial charge in [-0.15, -0.1) is 5.10 Å². The van der Waals surface area contributed by atoms with Crippen molar-refractivity contribution < 1.29 is 23.8 Å². The van der Waals surface area contributed by atoms with Crippen LogP contribution in [-0.4, -0.2) is 31.2 Å². The Morgan fingerprint density at radius 3 is 2.29 bits per heavy atom. The van der Waals surface area contributed by atoms with E-state index in [9.17, 15) is 23.8 Å². The van der Waals surface area contributed by atoms with E-state index >= 15 is 0 Å². The van der Waals surface area contributed by atoms with Gasteiger partial charge >= 0.3 is 5.97 Å². The Hall–Kier alpha value is -2.55. The fraction of sp³-hybridized carbons (Fsp3) is 0.400. The zero-order chi connectivity index (χ0) is 18.2. The molecule has 0 fully saturated rings. The maximum atomic E-state index is 13.9. The minimum Gasteiger partial charge on any atom is -0.481 e. The highest BCUT2D eigenvalue weighted by Gasteiger charge is 2.40. The number of carbonyl (C=O) groups is 1. The molecule has 4 N–H and O–H groups in total. The number of para-hydroxylation sites is 1. The van der Waals surface area contributed by atoms with Crippen LogP contribution in [0.15, 0.2) is 18.2 Å². The van der Waals surface area contributed by atoms with Gasteiger partial charge in [0.25, 0.3) is 0 Å². The lowest BCUT2D eigenvalue weighted by molar-refractivity contribution is -0.151. The summed E-state index contributed by atoms with van der Waals surface area (Å²) in [4.78, 5) is 11.5. The zero-order valence-corrected chi connectivity index (χ0v) is 13.4. The summed E-state index contributed by atoms with van der Waals surface area (Å²) in [7, 11) is 0. The molecule has 0 aliphatic heterocycles. The van der Waals surface area contributed by atoms with Crippen LogP contribution in [0.5, 0.6) is 0 Å². The minimum atomic E-state index is -1.59. The number of aliphatic hydroxyl groups excluding tert-OH is 1. The number of anilines is 1. The Labute approximate surface area is 136 Å². The third kappa shape index (κ3) is 3.07. The quantitative estimate of drug-likeness (QED) is 0.783. The first kappa shape index (κ1) is 17.8. The van der Waals surface area contributed by atoms with E-state index in [-0.39, 0.29) is 11.5 Å². The lowest BCUT2D eigenvalue weighted by Crippen LogP contribution is -2.34. The van der Waals surface area contributed by atoms with Crippen LogP contribution >= 0.6 is 0 Å². The van der Waals surface area contributed by atoms with Gasteiger partial charge < -0.3 is 15.9 Å². The normalized spacial score (nSPS) is 14.4. The molecule has 0 amide bonds. The summed E-state index contributed by atoms with van der Waals surface area (Å²) in [6, 6.07) is 3.22. The summed E-state index contributed by atoms with van der Waals surface area (Å²) in [6.07, 6.45) is -1.59. The molecular weight excluding hydrogens is 322 g/mol. The van der Waals surface area contributed by atoms with Gasteiger partial charge in [0.1, 0.15) is 17.5 Å². The first-order valence-electron chi connectivity index (χ1n) is 7.12. The number of aliphatic hydroxyl groups is 1. The monoisotopic (exact) mass is 340 g/mol. The number of halogens is 2. The van der Waals surface area contributed by atoms with E-state index in [2.05, 4.69) is 10.3 Å². The number of benzene rings is 1. The number of rotatable bonds is 4. The highest BCUT2D eigenvalue weighted by atomic mass is 19.1. The maximum Gasteiger partial charge on any atom is 0.310 e. The molecule has 0 aliphatic carbocycles. The number of aromatic nitrogens is 3. The summed E-state index contributed by atoms with van der Waals surface area (Å²) in [5, 5.41) is 27.0. The molecule has 2 unspecified atom stereocenters. The predicted octanol–water partition coefficient (Wildman–Crippen LogP) is 1.91. The Morgan fingerprint density at radius 1 is 1.29 bits per heavy atom. The van der Waals surface area contributed by atoms with Crippen LogP contribution in [0.4, 0.5) is 14.6 Å². The SMILES string of the molecule is CC(C)(C)C(C(=O)O)C(O)c1nnn(-c2c(F)cccc2F)c1N. The van der Waals surface area contributed by atoms with E-state index in [1.807, 2.05) is 0 Å².